The number of fused-ring (bicyclic) bond motifs is 1. The number of aromatic nitrogens is 1. The summed E-state index contributed by atoms with van der Waals surface area (Å²) >= 11 is 6.10. The minimum atomic E-state index is -3.20. The van der Waals surface area contributed by atoms with Crippen molar-refractivity contribution in [2.24, 2.45) is 0 Å². The van der Waals surface area contributed by atoms with Gasteiger partial charge in [0, 0.05) is 11.6 Å². The van der Waals surface area contributed by atoms with Gasteiger partial charge in [-0.2, -0.15) is 0 Å². The fourth-order valence-corrected chi connectivity index (χ4v) is 2.80. The number of rotatable bonds is 2. The van der Waals surface area contributed by atoms with Crippen LogP contribution in [0.2, 0.25) is 5.15 Å². The van der Waals surface area contributed by atoms with Gasteiger partial charge >= 0.3 is 0 Å². The second-order valence-electron chi connectivity index (χ2n) is 4.65. The van der Waals surface area contributed by atoms with E-state index in [0.29, 0.717) is 15.6 Å². The monoisotopic (exact) mass is 283 g/mol. The molecule has 0 unspecified atom stereocenters. The summed E-state index contributed by atoms with van der Waals surface area (Å²) in [7, 11) is -3.20. The Morgan fingerprint density at radius 3 is 2.44 bits per heavy atom. The number of halogens is 1. The third-order valence-electron chi connectivity index (χ3n) is 2.82. The van der Waals surface area contributed by atoms with E-state index in [2.05, 4.69) is 4.98 Å². The van der Waals surface area contributed by atoms with Gasteiger partial charge in [-0.3, -0.25) is 0 Å². The normalized spacial score (nSPS) is 12.3. The summed E-state index contributed by atoms with van der Waals surface area (Å²) in [4.78, 5) is 4.59. The summed E-state index contributed by atoms with van der Waals surface area (Å²) in [5.41, 5.74) is 1.63. The smallest absolute Gasteiger partial charge is 0.175 e. The minimum absolute atomic E-state index is 0.247. The lowest BCUT2D eigenvalue weighted by molar-refractivity contribution is 0.602. The zero-order valence-electron chi connectivity index (χ0n) is 10.4. The molecule has 3 nitrogen and oxygen atoms in total. The Morgan fingerprint density at radius 1 is 1.22 bits per heavy atom. The van der Waals surface area contributed by atoms with E-state index in [1.165, 1.54) is 6.26 Å². The number of hydrogen-bond donors (Lipinski definition) is 0. The van der Waals surface area contributed by atoms with Crippen LogP contribution in [0.15, 0.2) is 29.2 Å². The van der Waals surface area contributed by atoms with Crippen LogP contribution in [0.3, 0.4) is 0 Å². The highest BCUT2D eigenvalue weighted by molar-refractivity contribution is 7.90. The van der Waals surface area contributed by atoms with Crippen molar-refractivity contribution in [3.8, 4) is 0 Å². The van der Waals surface area contributed by atoms with Crippen LogP contribution < -0.4 is 0 Å². The topological polar surface area (TPSA) is 47.0 Å². The Balaban J connectivity index is 2.73. The molecule has 0 radical (unpaired) electrons. The van der Waals surface area contributed by atoms with Gasteiger partial charge < -0.3 is 0 Å². The van der Waals surface area contributed by atoms with Crippen molar-refractivity contribution in [1.29, 1.82) is 0 Å². The van der Waals surface area contributed by atoms with Crippen molar-refractivity contribution in [3.05, 3.63) is 35.0 Å². The lowest BCUT2D eigenvalue weighted by atomic mass is 10.0. The molecule has 1 aromatic carbocycles. The first-order valence-electron chi connectivity index (χ1n) is 5.59. The van der Waals surface area contributed by atoms with Crippen molar-refractivity contribution in [1.82, 2.24) is 4.98 Å². The van der Waals surface area contributed by atoms with Crippen LogP contribution in [-0.4, -0.2) is 19.7 Å². The molecule has 0 N–H and O–H groups in total. The molecule has 0 aliphatic heterocycles. The third kappa shape index (κ3) is 2.49. The molecule has 2 rings (SSSR count). The maximum Gasteiger partial charge on any atom is 0.175 e. The number of benzene rings is 1. The summed E-state index contributed by atoms with van der Waals surface area (Å²) in [6.07, 6.45) is 1.20. The lowest BCUT2D eigenvalue weighted by Gasteiger charge is -2.09. The zero-order valence-corrected chi connectivity index (χ0v) is 12.0. The maximum atomic E-state index is 11.5. The Morgan fingerprint density at radius 2 is 1.89 bits per heavy atom. The van der Waals surface area contributed by atoms with Gasteiger partial charge in [-0.15, -0.1) is 0 Å². The van der Waals surface area contributed by atoms with Gasteiger partial charge in [-0.25, -0.2) is 13.4 Å². The molecular weight excluding hydrogens is 270 g/mol. The molecule has 18 heavy (non-hydrogen) atoms. The summed E-state index contributed by atoms with van der Waals surface area (Å²) < 4.78 is 23.0. The Bertz CT molecular complexity index is 708. The van der Waals surface area contributed by atoms with Crippen LogP contribution in [0.25, 0.3) is 10.9 Å². The highest BCUT2D eigenvalue weighted by Crippen LogP contribution is 2.27. The molecular formula is C13H14ClNO2S. The van der Waals surface area contributed by atoms with E-state index in [4.69, 9.17) is 11.6 Å². The van der Waals surface area contributed by atoms with E-state index in [-0.39, 0.29) is 5.92 Å². The fraction of sp³-hybridized carbons (Fsp3) is 0.308. The maximum absolute atomic E-state index is 11.5. The van der Waals surface area contributed by atoms with Crippen LogP contribution >= 0.6 is 11.6 Å². The molecule has 96 valence electrons. The van der Waals surface area contributed by atoms with Gasteiger partial charge in [0.1, 0.15) is 5.15 Å². The first kappa shape index (κ1) is 13.3. The fourth-order valence-electron chi connectivity index (χ4n) is 1.78. The molecule has 0 saturated carbocycles. The van der Waals surface area contributed by atoms with E-state index in [1.807, 2.05) is 19.9 Å². The number of hydrogen-bond acceptors (Lipinski definition) is 3. The third-order valence-corrected chi connectivity index (χ3v) is 4.23. The van der Waals surface area contributed by atoms with E-state index < -0.39 is 9.84 Å². The second-order valence-corrected chi connectivity index (χ2v) is 7.02. The van der Waals surface area contributed by atoms with Gasteiger partial charge in [-0.1, -0.05) is 25.4 Å². The van der Waals surface area contributed by atoms with E-state index >= 15 is 0 Å². The predicted octanol–water partition coefficient (Wildman–Crippen LogP) is 3.42. The Hall–Kier alpha value is -1.13. The molecule has 0 bridgehead atoms. The van der Waals surface area contributed by atoms with Crippen molar-refractivity contribution in [2.75, 3.05) is 6.26 Å². The predicted molar refractivity (Wildman–Crippen MR) is 74.0 cm³/mol. The van der Waals surface area contributed by atoms with Crippen LogP contribution in [-0.2, 0) is 9.84 Å². The molecule has 2 aromatic rings. The number of pyridine rings is 1. The zero-order chi connectivity index (χ0) is 13.5. The average molecular weight is 284 g/mol. The summed E-state index contributed by atoms with van der Waals surface area (Å²) in [6.45, 7) is 4.05. The van der Waals surface area contributed by atoms with Crippen molar-refractivity contribution in [3.63, 3.8) is 0 Å². The molecule has 1 heterocycles. The first-order chi connectivity index (χ1) is 8.29. The molecule has 1 aromatic heterocycles. The average Bonchev–Trinajstić information content (AvgIpc) is 2.25. The molecule has 0 aliphatic rings. The highest BCUT2D eigenvalue weighted by Gasteiger charge is 2.11. The molecule has 0 fully saturated rings. The van der Waals surface area contributed by atoms with Gasteiger partial charge in [-0.05, 0) is 35.7 Å². The molecule has 0 saturated heterocycles. The van der Waals surface area contributed by atoms with E-state index in [0.717, 1.165) is 10.9 Å². The summed E-state index contributed by atoms with van der Waals surface area (Å²) in [5.74, 6) is 0.247. The van der Waals surface area contributed by atoms with Crippen LogP contribution in [0.5, 0.6) is 0 Å². The molecule has 0 aliphatic carbocycles. The van der Waals surface area contributed by atoms with E-state index in [9.17, 15) is 8.42 Å². The molecule has 0 amide bonds. The summed E-state index contributed by atoms with van der Waals surface area (Å²) in [6, 6.07) is 6.78. The Kier molecular flexibility index (Phi) is 3.34. The Labute approximate surface area is 112 Å². The minimum Gasteiger partial charge on any atom is -0.236 e. The largest absolute Gasteiger partial charge is 0.236 e. The van der Waals surface area contributed by atoms with Crippen LogP contribution in [0.4, 0.5) is 0 Å². The van der Waals surface area contributed by atoms with Crippen molar-refractivity contribution >= 4 is 32.3 Å². The SMILES string of the molecule is CC(C)c1cc2cc(S(C)(=O)=O)ccc2nc1Cl. The first-order valence-corrected chi connectivity index (χ1v) is 7.86. The van der Waals surface area contributed by atoms with Crippen molar-refractivity contribution in [2.45, 2.75) is 24.7 Å². The second kappa shape index (κ2) is 4.52. The highest BCUT2D eigenvalue weighted by atomic mass is 35.5. The number of sulfone groups is 1. The summed E-state index contributed by atoms with van der Waals surface area (Å²) in [5, 5.41) is 1.27. The number of nitrogens with zero attached hydrogens (tertiary/aromatic N) is 1. The van der Waals surface area contributed by atoms with Gasteiger partial charge in [0.2, 0.25) is 0 Å². The van der Waals surface area contributed by atoms with Crippen molar-refractivity contribution < 1.29 is 8.42 Å². The van der Waals surface area contributed by atoms with Crippen LogP contribution in [0.1, 0.15) is 25.3 Å². The molecule has 0 spiro atoms. The quantitative estimate of drug-likeness (QED) is 0.794. The molecule has 5 heteroatoms. The van der Waals surface area contributed by atoms with Crippen LogP contribution in [0, 0.1) is 0 Å². The standard InChI is InChI=1S/C13H14ClNO2S/c1-8(2)11-7-9-6-10(18(3,16)17)4-5-12(9)15-13(11)14/h4-8H,1-3H3. The van der Waals surface area contributed by atoms with E-state index in [1.54, 1.807) is 18.2 Å². The molecule has 0 atom stereocenters. The van der Waals surface area contributed by atoms with Gasteiger partial charge in [0.15, 0.2) is 9.84 Å². The van der Waals surface area contributed by atoms with Gasteiger partial charge in [0.05, 0.1) is 10.4 Å². The lowest BCUT2D eigenvalue weighted by Crippen LogP contribution is -1.98. The van der Waals surface area contributed by atoms with Gasteiger partial charge in [0.25, 0.3) is 0 Å².